The van der Waals surface area contributed by atoms with Gasteiger partial charge in [0.1, 0.15) is 11.5 Å². The third-order valence-corrected chi connectivity index (χ3v) is 5.53. The number of nitrogens with zero attached hydrogens (tertiary/aromatic N) is 2. The van der Waals surface area contributed by atoms with E-state index in [1.165, 1.54) is 6.07 Å². The topological polar surface area (TPSA) is 53.0 Å². The van der Waals surface area contributed by atoms with Crippen LogP contribution in [-0.4, -0.2) is 53.1 Å². The lowest BCUT2D eigenvalue weighted by atomic mass is 10.1. The first kappa shape index (κ1) is 22.0. The van der Waals surface area contributed by atoms with Crippen LogP contribution in [0.25, 0.3) is 0 Å². The van der Waals surface area contributed by atoms with Crippen molar-refractivity contribution in [3.05, 3.63) is 59.7 Å². The van der Waals surface area contributed by atoms with Crippen molar-refractivity contribution < 1.29 is 23.4 Å². The number of likely N-dealkylation sites (N-methyl/N-ethyl adjacent to an activating group) is 1. The molecule has 0 spiro atoms. The Morgan fingerprint density at radius 1 is 1.23 bits per heavy atom. The maximum Gasteiger partial charge on any atom is 0.387 e. The number of halogens is 2. The van der Waals surface area contributed by atoms with E-state index in [4.69, 9.17) is 0 Å². The summed E-state index contributed by atoms with van der Waals surface area (Å²) in [4.78, 5) is 17.4. The predicted octanol–water partition coefficient (Wildman–Crippen LogP) is 4.05. The highest BCUT2D eigenvalue weighted by Crippen LogP contribution is 2.24. The fraction of sp³-hybridized carbons (Fsp3) is 0.435. The number of benzene rings is 2. The van der Waals surface area contributed by atoms with Gasteiger partial charge in [-0.05, 0) is 49.7 Å². The lowest BCUT2D eigenvalue weighted by Crippen LogP contribution is -2.43. The average Bonchev–Trinajstić information content (AvgIpc) is 3.17. The van der Waals surface area contributed by atoms with Crippen molar-refractivity contribution in [3.8, 4) is 11.5 Å². The standard InChI is InChI=1S/C23H28F2N2O3/c1-2-26-13-5-7-19(26)16-27(15-17-9-11-20(28)12-10-17)22(29)14-18-6-3-4-8-21(18)30-23(24)25/h3-4,6,8-12,19,23,28H,2,5,7,13-16H2,1H3. The summed E-state index contributed by atoms with van der Waals surface area (Å²) in [5.41, 5.74) is 1.34. The second-order valence-electron chi connectivity index (χ2n) is 7.53. The van der Waals surface area contributed by atoms with Crippen molar-refractivity contribution >= 4 is 5.91 Å². The van der Waals surface area contributed by atoms with Crippen molar-refractivity contribution in [3.63, 3.8) is 0 Å². The highest BCUT2D eigenvalue weighted by Gasteiger charge is 2.27. The number of ether oxygens (including phenoxy) is 1. The monoisotopic (exact) mass is 418 g/mol. The highest BCUT2D eigenvalue weighted by molar-refractivity contribution is 5.79. The fourth-order valence-electron chi connectivity index (χ4n) is 3.98. The van der Waals surface area contributed by atoms with Gasteiger partial charge in [-0.3, -0.25) is 9.69 Å². The molecule has 0 radical (unpaired) electrons. The Labute approximate surface area is 175 Å². The summed E-state index contributed by atoms with van der Waals surface area (Å²) in [6.45, 7) is 2.09. The molecule has 1 aliphatic rings. The molecule has 1 atom stereocenters. The van der Waals surface area contributed by atoms with Crippen molar-refractivity contribution in [1.29, 1.82) is 0 Å². The van der Waals surface area contributed by atoms with Crippen LogP contribution in [-0.2, 0) is 17.8 Å². The molecule has 7 heteroatoms. The molecule has 5 nitrogen and oxygen atoms in total. The lowest BCUT2D eigenvalue weighted by Gasteiger charge is -2.31. The van der Waals surface area contributed by atoms with E-state index < -0.39 is 6.61 Å². The quantitative estimate of drug-likeness (QED) is 0.668. The molecule has 0 saturated carbocycles. The first-order chi connectivity index (χ1) is 14.5. The zero-order chi connectivity index (χ0) is 21.5. The molecule has 1 unspecified atom stereocenters. The number of hydrogen-bond donors (Lipinski definition) is 1. The number of carbonyl (C=O) groups is 1. The summed E-state index contributed by atoms with van der Waals surface area (Å²) < 4.78 is 30.0. The minimum Gasteiger partial charge on any atom is -0.508 e. The number of alkyl halides is 2. The molecular weight excluding hydrogens is 390 g/mol. The summed E-state index contributed by atoms with van der Waals surface area (Å²) in [5.74, 6) is 0.0560. The smallest absolute Gasteiger partial charge is 0.387 e. The average molecular weight is 418 g/mol. The number of para-hydroxylation sites is 1. The van der Waals surface area contributed by atoms with Crippen molar-refractivity contribution in [2.24, 2.45) is 0 Å². The minimum absolute atomic E-state index is 0.0141. The Morgan fingerprint density at radius 2 is 1.97 bits per heavy atom. The van der Waals surface area contributed by atoms with E-state index in [-0.39, 0.29) is 29.9 Å². The van der Waals surface area contributed by atoms with Gasteiger partial charge < -0.3 is 14.7 Å². The second kappa shape index (κ2) is 10.4. The number of aromatic hydroxyl groups is 1. The van der Waals surface area contributed by atoms with Crippen molar-refractivity contribution in [2.75, 3.05) is 19.6 Å². The van der Waals surface area contributed by atoms with Crippen LogP contribution in [0.2, 0.25) is 0 Å². The Morgan fingerprint density at radius 3 is 2.67 bits per heavy atom. The number of phenolic OH excluding ortho intramolecular Hbond substituents is 1. The minimum atomic E-state index is -2.94. The Bertz CT molecular complexity index is 829. The van der Waals surface area contributed by atoms with Gasteiger partial charge in [0.25, 0.3) is 0 Å². The zero-order valence-electron chi connectivity index (χ0n) is 17.1. The van der Waals surface area contributed by atoms with Crippen molar-refractivity contribution in [2.45, 2.75) is 45.4 Å². The molecule has 1 heterocycles. The first-order valence-electron chi connectivity index (χ1n) is 10.3. The summed E-state index contributed by atoms with van der Waals surface area (Å²) in [7, 11) is 0. The number of amides is 1. The summed E-state index contributed by atoms with van der Waals surface area (Å²) >= 11 is 0. The van der Waals surface area contributed by atoms with Gasteiger partial charge in [-0.25, -0.2) is 0 Å². The molecule has 0 aromatic heterocycles. The van der Waals surface area contributed by atoms with Gasteiger partial charge in [0.15, 0.2) is 0 Å². The predicted molar refractivity (Wildman–Crippen MR) is 111 cm³/mol. The van der Waals surface area contributed by atoms with E-state index in [9.17, 15) is 18.7 Å². The van der Waals surface area contributed by atoms with E-state index in [0.29, 0.717) is 18.7 Å². The number of hydrogen-bond acceptors (Lipinski definition) is 4. The Kier molecular flexibility index (Phi) is 7.63. The number of phenols is 1. The lowest BCUT2D eigenvalue weighted by molar-refractivity contribution is -0.132. The molecule has 2 aromatic rings. The molecule has 0 bridgehead atoms. The third kappa shape index (κ3) is 5.92. The van der Waals surface area contributed by atoms with Crippen molar-refractivity contribution in [1.82, 2.24) is 9.80 Å². The van der Waals surface area contributed by atoms with E-state index in [2.05, 4.69) is 16.6 Å². The SMILES string of the molecule is CCN1CCCC1CN(Cc1ccc(O)cc1)C(=O)Cc1ccccc1OC(F)F. The van der Waals surface area contributed by atoms with Crippen LogP contribution >= 0.6 is 0 Å². The molecule has 1 amide bonds. The van der Waals surface area contributed by atoms with E-state index in [1.54, 1.807) is 47.4 Å². The third-order valence-electron chi connectivity index (χ3n) is 5.53. The van der Waals surface area contributed by atoms with Crippen LogP contribution in [0.5, 0.6) is 11.5 Å². The fourth-order valence-corrected chi connectivity index (χ4v) is 3.98. The molecule has 30 heavy (non-hydrogen) atoms. The van der Waals surface area contributed by atoms with Gasteiger partial charge in [-0.1, -0.05) is 37.3 Å². The van der Waals surface area contributed by atoms with E-state index in [0.717, 1.165) is 31.5 Å². The molecular formula is C23H28F2N2O3. The van der Waals surface area contributed by atoms with Gasteiger partial charge >= 0.3 is 6.61 Å². The molecule has 3 rings (SSSR count). The van der Waals surface area contributed by atoms with Gasteiger partial charge in [-0.2, -0.15) is 8.78 Å². The Balaban J connectivity index is 1.78. The molecule has 2 aromatic carbocycles. The van der Waals surface area contributed by atoms with Gasteiger partial charge in [0.2, 0.25) is 5.91 Å². The summed E-state index contributed by atoms with van der Waals surface area (Å²) in [6.07, 6.45) is 2.11. The van der Waals surface area contributed by atoms with Crippen LogP contribution in [0, 0.1) is 0 Å². The van der Waals surface area contributed by atoms with E-state index in [1.807, 2.05) is 0 Å². The van der Waals surface area contributed by atoms with Crippen LogP contribution < -0.4 is 4.74 Å². The van der Waals surface area contributed by atoms with Gasteiger partial charge in [-0.15, -0.1) is 0 Å². The maximum atomic E-state index is 13.2. The second-order valence-corrected chi connectivity index (χ2v) is 7.53. The zero-order valence-corrected chi connectivity index (χ0v) is 17.1. The Hall–Kier alpha value is -2.67. The largest absolute Gasteiger partial charge is 0.508 e. The first-order valence-corrected chi connectivity index (χ1v) is 10.3. The van der Waals surface area contributed by atoms with Crippen LogP contribution in [0.1, 0.15) is 30.9 Å². The van der Waals surface area contributed by atoms with E-state index >= 15 is 0 Å². The molecule has 0 aliphatic carbocycles. The molecule has 1 aliphatic heterocycles. The molecule has 1 saturated heterocycles. The summed E-state index contributed by atoms with van der Waals surface area (Å²) in [5, 5.41) is 9.53. The molecule has 1 fully saturated rings. The van der Waals surface area contributed by atoms with Gasteiger partial charge in [0.05, 0.1) is 6.42 Å². The van der Waals surface area contributed by atoms with Crippen LogP contribution in [0.3, 0.4) is 0 Å². The number of likely N-dealkylation sites (tertiary alicyclic amines) is 1. The number of carbonyl (C=O) groups excluding carboxylic acids is 1. The van der Waals surface area contributed by atoms with Gasteiger partial charge in [0, 0.05) is 24.7 Å². The van der Waals surface area contributed by atoms with Crippen LogP contribution in [0.15, 0.2) is 48.5 Å². The molecule has 1 N–H and O–H groups in total. The normalized spacial score (nSPS) is 16.7. The number of rotatable bonds is 9. The van der Waals surface area contributed by atoms with Crippen LogP contribution in [0.4, 0.5) is 8.78 Å². The highest BCUT2D eigenvalue weighted by atomic mass is 19.3. The molecule has 162 valence electrons. The maximum absolute atomic E-state index is 13.2. The summed E-state index contributed by atoms with van der Waals surface area (Å²) in [6, 6.07) is 13.5.